The van der Waals surface area contributed by atoms with E-state index < -0.39 is 0 Å². The summed E-state index contributed by atoms with van der Waals surface area (Å²) in [7, 11) is 0. The minimum absolute atomic E-state index is 0.00819. The third-order valence-corrected chi connectivity index (χ3v) is 6.71. The molecule has 0 bridgehead atoms. The molecule has 6 heteroatoms. The van der Waals surface area contributed by atoms with Crippen LogP contribution < -0.4 is 5.56 Å². The summed E-state index contributed by atoms with van der Waals surface area (Å²) in [6, 6.07) is 16.1. The van der Waals surface area contributed by atoms with E-state index in [1.54, 1.807) is 22.2 Å². The van der Waals surface area contributed by atoms with Crippen molar-refractivity contribution in [1.29, 1.82) is 0 Å². The van der Waals surface area contributed by atoms with Gasteiger partial charge in [-0.05, 0) is 41.8 Å². The second kappa shape index (κ2) is 7.70. The van der Waals surface area contributed by atoms with Gasteiger partial charge in [-0.1, -0.05) is 63.0 Å². The maximum atomic E-state index is 13.3. The van der Waals surface area contributed by atoms with Crippen molar-refractivity contribution in [2.45, 2.75) is 19.9 Å². The molecule has 0 atom stereocenters. The normalized spacial score (nSPS) is 11.2. The minimum Gasteiger partial charge on any atom is -0.294 e. The number of hydrogen-bond donors (Lipinski definition) is 0. The van der Waals surface area contributed by atoms with Crippen LogP contribution in [0, 0.1) is 0 Å². The van der Waals surface area contributed by atoms with Gasteiger partial charge in [-0.15, -0.1) is 11.3 Å². The number of thiophene rings is 1. The fourth-order valence-corrected chi connectivity index (χ4v) is 4.99. The molecule has 0 spiro atoms. The lowest BCUT2D eigenvalue weighted by atomic mass is 10.0. The first-order chi connectivity index (χ1) is 13.1. The average molecular weight is 504 g/mol. The van der Waals surface area contributed by atoms with E-state index in [1.165, 1.54) is 4.88 Å². The first-order valence-electron chi connectivity index (χ1n) is 8.58. The molecule has 0 aliphatic rings. The van der Waals surface area contributed by atoms with Gasteiger partial charge in [0, 0.05) is 19.4 Å². The summed E-state index contributed by atoms with van der Waals surface area (Å²) < 4.78 is 3.72. The van der Waals surface area contributed by atoms with Crippen LogP contribution in [0.2, 0.25) is 0 Å². The monoisotopic (exact) mass is 502 g/mol. The van der Waals surface area contributed by atoms with Crippen molar-refractivity contribution in [1.82, 2.24) is 9.55 Å². The van der Waals surface area contributed by atoms with Gasteiger partial charge in [-0.25, -0.2) is 4.98 Å². The Balaban J connectivity index is 1.90. The molecule has 0 radical (unpaired) electrons. The van der Waals surface area contributed by atoms with E-state index in [4.69, 9.17) is 0 Å². The van der Waals surface area contributed by atoms with Gasteiger partial charge in [-0.2, -0.15) is 0 Å². The van der Waals surface area contributed by atoms with Crippen molar-refractivity contribution in [3.05, 3.63) is 84.6 Å². The number of rotatable bonds is 4. The Morgan fingerprint density at radius 3 is 2.56 bits per heavy atom. The van der Waals surface area contributed by atoms with E-state index in [9.17, 15) is 4.79 Å². The first kappa shape index (κ1) is 18.6. The third kappa shape index (κ3) is 3.66. The summed E-state index contributed by atoms with van der Waals surface area (Å²) >= 11 is 8.58. The predicted molar refractivity (Wildman–Crippen MR) is 120 cm³/mol. The standard InChI is InChI=1S/C21H16Br2N2OS/c1-2-17-18(14-6-8-15(22)9-7-14)19-20(27-17)24-12-25(21(19)26)11-13-4-3-5-16(23)10-13/h3-10,12H,2,11H2,1H3. The highest BCUT2D eigenvalue weighted by Crippen LogP contribution is 2.36. The topological polar surface area (TPSA) is 34.9 Å². The Morgan fingerprint density at radius 2 is 1.85 bits per heavy atom. The van der Waals surface area contributed by atoms with Crippen molar-refractivity contribution in [2.24, 2.45) is 0 Å². The van der Waals surface area contributed by atoms with Gasteiger partial charge in [0.2, 0.25) is 0 Å². The molecule has 2 aromatic carbocycles. The van der Waals surface area contributed by atoms with Gasteiger partial charge in [-0.3, -0.25) is 9.36 Å². The molecule has 2 heterocycles. The molecule has 0 aliphatic carbocycles. The van der Waals surface area contributed by atoms with Crippen LogP contribution in [0.5, 0.6) is 0 Å². The molecule has 0 saturated carbocycles. The van der Waals surface area contributed by atoms with Gasteiger partial charge >= 0.3 is 0 Å². The molecular formula is C21H16Br2N2OS. The van der Waals surface area contributed by atoms with E-state index in [1.807, 2.05) is 36.4 Å². The number of hydrogen-bond acceptors (Lipinski definition) is 3. The number of nitrogens with zero attached hydrogens (tertiary/aromatic N) is 2. The van der Waals surface area contributed by atoms with Crippen LogP contribution in [0.3, 0.4) is 0 Å². The summed E-state index contributed by atoms with van der Waals surface area (Å²) in [4.78, 5) is 19.9. The largest absolute Gasteiger partial charge is 0.294 e. The lowest BCUT2D eigenvalue weighted by Gasteiger charge is -2.08. The Kier molecular flexibility index (Phi) is 5.30. The average Bonchev–Trinajstić information content (AvgIpc) is 3.04. The predicted octanol–water partition coefficient (Wildman–Crippen LogP) is 6.26. The van der Waals surface area contributed by atoms with Crippen LogP contribution in [-0.4, -0.2) is 9.55 Å². The molecule has 4 aromatic rings. The number of benzene rings is 2. The Morgan fingerprint density at radius 1 is 1.07 bits per heavy atom. The van der Waals surface area contributed by atoms with E-state index in [0.717, 1.165) is 42.3 Å². The second-order valence-corrected chi connectivity index (χ2v) is 9.16. The molecule has 2 aromatic heterocycles. The van der Waals surface area contributed by atoms with Crippen LogP contribution in [0.15, 0.2) is 68.6 Å². The quantitative estimate of drug-likeness (QED) is 0.329. The molecule has 0 unspecified atom stereocenters. The molecule has 0 N–H and O–H groups in total. The molecule has 136 valence electrons. The van der Waals surface area contributed by atoms with Crippen molar-refractivity contribution >= 4 is 53.4 Å². The minimum atomic E-state index is 0.00819. The van der Waals surface area contributed by atoms with Crippen molar-refractivity contribution in [2.75, 3.05) is 0 Å². The van der Waals surface area contributed by atoms with E-state index in [0.29, 0.717) is 6.54 Å². The van der Waals surface area contributed by atoms with Crippen molar-refractivity contribution in [3.8, 4) is 11.1 Å². The second-order valence-electron chi connectivity index (χ2n) is 6.25. The van der Waals surface area contributed by atoms with Gasteiger partial charge < -0.3 is 0 Å². The van der Waals surface area contributed by atoms with Crippen molar-refractivity contribution < 1.29 is 0 Å². The zero-order valence-electron chi connectivity index (χ0n) is 14.6. The third-order valence-electron chi connectivity index (χ3n) is 4.45. The summed E-state index contributed by atoms with van der Waals surface area (Å²) in [5, 5.41) is 0.719. The van der Waals surface area contributed by atoms with Gasteiger partial charge in [0.25, 0.3) is 5.56 Å². The van der Waals surface area contributed by atoms with Gasteiger partial charge in [0.1, 0.15) is 4.83 Å². The zero-order chi connectivity index (χ0) is 19.0. The van der Waals surface area contributed by atoms with Crippen LogP contribution in [0.1, 0.15) is 17.4 Å². The summed E-state index contributed by atoms with van der Waals surface area (Å²) in [5.41, 5.74) is 3.14. The zero-order valence-corrected chi connectivity index (χ0v) is 18.6. The van der Waals surface area contributed by atoms with Crippen LogP contribution in [0.4, 0.5) is 0 Å². The summed E-state index contributed by atoms with van der Waals surface area (Å²) in [5.74, 6) is 0. The smallest absolute Gasteiger partial charge is 0.263 e. The molecule has 27 heavy (non-hydrogen) atoms. The highest BCUT2D eigenvalue weighted by atomic mass is 79.9. The summed E-state index contributed by atoms with van der Waals surface area (Å²) in [6.07, 6.45) is 2.53. The maximum absolute atomic E-state index is 13.3. The number of halogens is 2. The lowest BCUT2D eigenvalue weighted by Crippen LogP contribution is -2.21. The maximum Gasteiger partial charge on any atom is 0.263 e. The van der Waals surface area contributed by atoms with Gasteiger partial charge in [0.15, 0.2) is 0 Å². The van der Waals surface area contributed by atoms with E-state index in [2.05, 4.69) is 55.9 Å². The Labute approximate surface area is 178 Å². The molecular weight excluding hydrogens is 488 g/mol. The Hall–Kier alpha value is -1.76. The van der Waals surface area contributed by atoms with Gasteiger partial charge in [0.05, 0.1) is 18.3 Å². The SMILES string of the molecule is CCc1sc2ncn(Cc3cccc(Br)c3)c(=O)c2c1-c1ccc(Br)cc1. The van der Waals surface area contributed by atoms with Crippen LogP contribution in [-0.2, 0) is 13.0 Å². The molecule has 0 fully saturated rings. The van der Waals surface area contributed by atoms with Crippen molar-refractivity contribution in [3.63, 3.8) is 0 Å². The highest BCUT2D eigenvalue weighted by Gasteiger charge is 2.18. The molecule has 0 amide bonds. The number of fused-ring (bicyclic) bond motifs is 1. The van der Waals surface area contributed by atoms with Crippen LogP contribution in [0.25, 0.3) is 21.3 Å². The van der Waals surface area contributed by atoms with E-state index >= 15 is 0 Å². The lowest BCUT2D eigenvalue weighted by molar-refractivity contribution is 0.749. The summed E-state index contributed by atoms with van der Waals surface area (Å²) in [6.45, 7) is 2.62. The van der Waals surface area contributed by atoms with E-state index in [-0.39, 0.29) is 5.56 Å². The highest BCUT2D eigenvalue weighted by molar-refractivity contribution is 9.10. The van der Waals surface area contributed by atoms with Crippen LogP contribution >= 0.6 is 43.2 Å². The fourth-order valence-electron chi connectivity index (χ4n) is 3.19. The first-order valence-corrected chi connectivity index (χ1v) is 11.0. The molecule has 3 nitrogen and oxygen atoms in total. The Bertz CT molecular complexity index is 1180. The fraction of sp³-hybridized carbons (Fsp3) is 0.143. The molecule has 0 saturated heterocycles. The number of aryl methyl sites for hydroxylation is 1. The molecule has 0 aliphatic heterocycles. The molecule has 4 rings (SSSR count). The number of aromatic nitrogens is 2.